The van der Waals surface area contributed by atoms with E-state index in [1.54, 1.807) is 30.3 Å². The quantitative estimate of drug-likeness (QED) is 0.533. The van der Waals surface area contributed by atoms with Gasteiger partial charge in [0.1, 0.15) is 0 Å². The molecular weight excluding hydrogens is 358 g/mol. The minimum Gasteiger partial charge on any atom is -0.279 e. The van der Waals surface area contributed by atoms with Gasteiger partial charge < -0.3 is 0 Å². The predicted octanol–water partition coefficient (Wildman–Crippen LogP) is 4.42. The highest BCUT2D eigenvalue weighted by Gasteiger charge is 2.18. The van der Waals surface area contributed by atoms with Crippen molar-refractivity contribution in [2.24, 2.45) is 0 Å². The lowest BCUT2D eigenvalue weighted by molar-refractivity contribution is -0.107. The van der Waals surface area contributed by atoms with Crippen LogP contribution in [0.5, 0.6) is 0 Å². The Balaban J connectivity index is 2.04. The molecule has 0 fully saturated rings. The summed E-state index contributed by atoms with van der Waals surface area (Å²) in [6, 6.07) is 19.3. The maximum atomic E-state index is 12.8. The Labute approximate surface area is 150 Å². The van der Waals surface area contributed by atoms with E-state index in [2.05, 4.69) is 4.72 Å². The van der Waals surface area contributed by atoms with E-state index in [-0.39, 0.29) is 4.90 Å². The van der Waals surface area contributed by atoms with Crippen LogP contribution in [0, 0.1) is 0 Å². The van der Waals surface area contributed by atoms with Crippen molar-refractivity contribution in [1.29, 1.82) is 0 Å². The number of carbonyl (C=O) groups excluding carboxylic acids is 1. The van der Waals surface area contributed by atoms with Gasteiger partial charge in [-0.15, -0.1) is 0 Å². The molecule has 6 heteroatoms. The molecule has 3 aromatic rings. The van der Waals surface area contributed by atoms with Crippen LogP contribution in [0.1, 0.15) is 5.56 Å². The molecule has 126 valence electrons. The van der Waals surface area contributed by atoms with Crippen molar-refractivity contribution in [2.45, 2.75) is 4.90 Å². The number of benzene rings is 3. The SMILES string of the molecule is O=C(Cl)C=Cc1ccccc1S(=O)(=O)Nc1cccc2ccccc12. The van der Waals surface area contributed by atoms with Crippen LogP contribution in [0.2, 0.25) is 0 Å². The number of rotatable bonds is 5. The summed E-state index contributed by atoms with van der Waals surface area (Å²) in [5, 5.41) is 1.07. The summed E-state index contributed by atoms with van der Waals surface area (Å²) < 4.78 is 28.3. The van der Waals surface area contributed by atoms with E-state index in [0.717, 1.165) is 16.8 Å². The topological polar surface area (TPSA) is 63.2 Å². The van der Waals surface area contributed by atoms with Crippen LogP contribution in [0.15, 0.2) is 77.7 Å². The molecule has 0 bridgehead atoms. The lowest BCUT2D eigenvalue weighted by Gasteiger charge is -2.12. The lowest BCUT2D eigenvalue weighted by atomic mass is 10.1. The van der Waals surface area contributed by atoms with Gasteiger partial charge in [0.15, 0.2) is 0 Å². The van der Waals surface area contributed by atoms with Gasteiger partial charge in [-0.25, -0.2) is 8.42 Å². The van der Waals surface area contributed by atoms with Crippen molar-refractivity contribution in [3.63, 3.8) is 0 Å². The number of sulfonamides is 1. The molecule has 0 heterocycles. The van der Waals surface area contributed by atoms with Crippen LogP contribution in [0.25, 0.3) is 16.8 Å². The van der Waals surface area contributed by atoms with Crippen LogP contribution >= 0.6 is 11.6 Å². The summed E-state index contributed by atoms with van der Waals surface area (Å²) in [5.74, 6) is 0. The standard InChI is InChI=1S/C19H14ClNO3S/c20-19(22)13-12-15-7-2-4-11-18(15)25(23,24)21-17-10-5-8-14-6-1-3-9-16(14)17/h1-13,21H. The van der Waals surface area contributed by atoms with Crippen molar-refractivity contribution in [2.75, 3.05) is 4.72 Å². The number of hydrogen-bond donors (Lipinski definition) is 1. The monoisotopic (exact) mass is 371 g/mol. The molecule has 25 heavy (non-hydrogen) atoms. The molecule has 0 atom stereocenters. The van der Waals surface area contributed by atoms with Crippen LogP contribution in [-0.4, -0.2) is 13.7 Å². The van der Waals surface area contributed by atoms with Gasteiger partial charge in [0.05, 0.1) is 10.6 Å². The van der Waals surface area contributed by atoms with Crippen molar-refractivity contribution >= 4 is 49.4 Å². The molecule has 0 aliphatic carbocycles. The molecule has 0 radical (unpaired) electrons. The molecule has 0 aliphatic heterocycles. The zero-order chi connectivity index (χ0) is 17.9. The third kappa shape index (κ3) is 3.90. The second-order valence-electron chi connectivity index (χ2n) is 5.31. The van der Waals surface area contributed by atoms with E-state index in [1.807, 2.05) is 30.3 Å². The molecule has 0 aromatic heterocycles. The normalized spacial score (nSPS) is 11.7. The fourth-order valence-electron chi connectivity index (χ4n) is 2.53. The summed E-state index contributed by atoms with van der Waals surface area (Å²) >= 11 is 5.30. The first-order chi connectivity index (χ1) is 12.0. The molecule has 0 spiro atoms. The fourth-order valence-corrected chi connectivity index (χ4v) is 3.88. The molecule has 3 rings (SSSR count). The van der Waals surface area contributed by atoms with Gasteiger partial charge >= 0.3 is 0 Å². The van der Waals surface area contributed by atoms with Gasteiger partial charge in [-0.05, 0) is 46.8 Å². The smallest absolute Gasteiger partial charge is 0.262 e. The van der Waals surface area contributed by atoms with Gasteiger partial charge in [0.25, 0.3) is 10.0 Å². The number of hydrogen-bond acceptors (Lipinski definition) is 3. The van der Waals surface area contributed by atoms with Crippen LogP contribution in [0.4, 0.5) is 5.69 Å². The third-order valence-electron chi connectivity index (χ3n) is 3.64. The van der Waals surface area contributed by atoms with Crippen LogP contribution < -0.4 is 4.72 Å². The van der Waals surface area contributed by atoms with E-state index in [1.165, 1.54) is 12.1 Å². The zero-order valence-electron chi connectivity index (χ0n) is 13.0. The number of carbonyl (C=O) groups is 1. The summed E-state index contributed by atoms with van der Waals surface area (Å²) in [5.41, 5.74) is 0.870. The lowest BCUT2D eigenvalue weighted by Crippen LogP contribution is -2.14. The van der Waals surface area contributed by atoms with Crippen molar-refractivity contribution in [1.82, 2.24) is 0 Å². The maximum Gasteiger partial charge on any atom is 0.262 e. The van der Waals surface area contributed by atoms with Crippen molar-refractivity contribution in [3.05, 3.63) is 78.4 Å². The minimum atomic E-state index is -3.84. The Hall–Kier alpha value is -2.63. The summed E-state index contributed by atoms with van der Waals surface area (Å²) in [6.07, 6.45) is 2.50. The number of allylic oxidation sites excluding steroid dienone is 1. The molecule has 0 amide bonds. The fraction of sp³-hybridized carbons (Fsp3) is 0. The Morgan fingerprint density at radius 3 is 2.40 bits per heavy atom. The second kappa shape index (κ2) is 7.09. The summed E-state index contributed by atoms with van der Waals surface area (Å²) in [6.45, 7) is 0. The number of anilines is 1. The molecule has 1 N–H and O–H groups in total. The van der Waals surface area contributed by atoms with Crippen LogP contribution in [-0.2, 0) is 14.8 Å². The van der Waals surface area contributed by atoms with E-state index >= 15 is 0 Å². The summed E-state index contributed by atoms with van der Waals surface area (Å²) in [4.78, 5) is 11.0. The average Bonchev–Trinajstić information content (AvgIpc) is 2.60. The van der Waals surface area contributed by atoms with E-state index in [0.29, 0.717) is 11.3 Å². The third-order valence-corrected chi connectivity index (χ3v) is 5.20. The number of nitrogens with one attached hydrogen (secondary N) is 1. The Bertz CT molecular complexity index is 1070. The molecule has 0 unspecified atom stereocenters. The van der Waals surface area contributed by atoms with E-state index in [4.69, 9.17) is 11.6 Å². The molecule has 3 aromatic carbocycles. The zero-order valence-corrected chi connectivity index (χ0v) is 14.6. The van der Waals surface area contributed by atoms with Gasteiger partial charge in [0.2, 0.25) is 5.24 Å². The maximum absolute atomic E-state index is 12.8. The Morgan fingerprint density at radius 2 is 1.60 bits per heavy atom. The highest BCUT2D eigenvalue weighted by atomic mass is 35.5. The highest BCUT2D eigenvalue weighted by Crippen LogP contribution is 2.27. The second-order valence-corrected chi connectivity index (χ2v) is 7.33. The van der Waals surface area contributed by atoms with Crippen LogP contribution in [0.3, 0.4) is 0 Å². The first kappa shape index (κ1) is 17.2. The number of fused-ring (bicyclic) bond motifs is 1. The Kier molecular flexibility index (Phi) is 4.88. The van der Waals surface area contributed by atoms with Gasteiger partial charge in [-0.1, -0.05) is 54.6 Å². The molecule has 0 saturated heterocycles. The first-order valence-electron chi connectivity index (χ1n) is 7.44. The Morgan fingerprint density at radius 1 is 0.920 bits per heavy atom. The van der Waals surface area contributed by atoms with E-state index < -0.39 is 15.3 Å². The van der Waals surface area contributed by atoms with Gasteiger partial charge in [-0.2, -0.15) is 0 Å². The highest BCUT2D eigenvalue weighted by molar-refractivity contribution is 7.92. The average molecular weight is 372 g/mol. The number of halogens is 1. The first-order valence-corrected chi connectivity index (χ1v) is 9.31. The molecule has 0 aliphatic rings. The summed E-state index contributed by atoms with van der Waals surface area (Å²) in [7, 11) is -3.84. The molecular formula is C19H14ClNO3S. The van der Waals surface area contributed by atoms with Crippen molar-refractivity contribution in [3.8, 4) is 0 Å². The van der Waals surface area contributed by atoms with Gasteiger partial charge in [0, 0.05) is 5.39 Å². The van der Waals surface area contributed by atoms with Crippen molar-refractivity contribution < 1.29 is 13.2 Å². The predicted molar refractivity (Wildman–Crippen MR) is 101 cm³/mol. The van der Waals surface area contributed by atoms with Gasteiger partial charge in [-0.3, -0.25) is 9.52 Å². The van der Waals surface area contributed by atoms with E-state index in [9.17, 15) is 13.2 Å². The minimum absolute atomic E-state index is 0.0668. The molecule has 0 saturated carbocycles. The molecule has 4 nitrogen and oxygen atoms in total. The largest absolute Gasteiger partial charge is 0.279 e.